The maximum Gasteiger partial charge on any atom is 0.418 e. The molecule has 3 amide bonds. The lowest BCUT2D eigenvalue weighted by Gasteiger charge is -2.22. The van der Waals surface area contributed by atoms with Crippen LogP contribution in [0.4, 0.5) is 14.9 Å². The van der Waals surface area contributed by atoms with Gasteiger partial charge in [0.15, 0.2) is 11.6 Å². The number of carbonyl (C=O) groups excluding carboxylic acids is 4. The van der Waals surface area contributed by atoms with Crippen LogP contribution in [0.3, 0.4) is 0 Å². The van der Waals surface area contributed by atoms with E-state index >= 15 is 0 Å². The van der Waals surface area contributed by atoms with E-state index < -0.39 is 62.7 Å². The van der Waals surface area contributed by atoms with Crippen molar-refractivity contribution in [1.82, 2.24) is 10.1 Å². The number of hydrogen-bond acceptors (Lipinski definition) is 10. The molecule has 0 saturated carbocycles. The average Bonchev–Trinajstić information content (AvgIpc) is 3.42. The van der Waals surface area contributed by atoms with Crippen LogP contribution in [-0.4, -0.2) is 59.6 Å². The van der Waals surface area contributed by atoms with Gasteiger partial charge in [-0.05, 0) is 32.4 Å². The zero-order valence-corrected chi connectivity index (χ0v) is 21.2. The van der Waals surface area contributed by atoms with Gasteiger partial charge in [-0.1, -0.05) is 31.3 Å². The number of aromatic nitrogens is 1. The Bertz CT molecular complexity index is 1290. The van der Waals surface area contributed by atoms with Crippen molar-refractivity contribution in [1.29, 1.82) is 0 Å². The summed E-state index contributed by atoms with van der Waals surface area (Å²) in [5.74, 6) is -5.39. The SMILES string of the molecule is CCCCCCS(=O)(=O)Oc1ccc(F)c(NC(=O)C(C(=O)c2ccno2)N2C(=O)OC(C)(C)C2=O)c1. The molecule has 1 aliphatic heterocycles. The van der Waals surface area contributed by atoms with Gasteiger partial charge >= 0.3 is 16.2 Å². The Kier molecular flexibility index (Phi) is 8.31. The number of ether oxygens (including phenoxy) is 1. The summed E-state index contributed by atoms with van der Waals surface area (Å²) in [5.41, 5.74) is -2.22. The molecule has 37 heavy (non-hydrogen) atoms. The number of Topliss-reactive ketones (excluding diaryl/α,β-unsaturated/α-hetero) is 1. The van der Waals surface area contributed by atoms with Crippen molar-refractivity contribution in [3.05, 3.63) is 42.0 Å². The van der Waals surface area contributed by atoms with Crippen LogP contribution in [-0.2, 0) is 24.4 Å². The summed E-state index contributed by atoms with van der Waals surface area (Å²) in [5, 5.41) is 5.48. The first-order valence-corrected chi connectivity index (χ1v) is 13.0. The van der Waals surface area contributed by atoms with Crippen LogP contribution in [0.1, 0.15) is 57.0 Å². The van der Waals surface area contributed by atoms with E-state index in [1.54, 1.807) is 0 Å². The van der Waals surface area contributed by atoms with Crippen molar-refractivity contribution in [2.45, 2.75) is 58.1 Å². The minimum atomic E-state index is -4.00. The standard InChI is InChI=1S/C23H26FN3O9S/c1-4-5-6-7-12-37(32,33)36-14-8-9-15(24)16(13-14)26-20(29)18(19(28)17-10-11-25-35-17)27-21(30)23(2,3)34-22(27)31/h8-11,13,18H,4-7,12H2,1-3H3,(H,26,29). The van der Waals surface area contributed by atoms with E-state index in [4.69, 9.17) is 13.4 Å². The zero-order valence-electron chi connectivity index (χ0n) is 20.4. The molecule has 0 spiro atoms. The highest BCUT2D eigenvalue weighted by molar-refractivity contribution is 7.87. The molecule has 1 unspecified atom stereocenters. The highest BCUT2D eigenvalue weighted by atomic mass is 32.2. The highest BCUT2D eigenvalue weighted by Crippen LogP contribution is 2.29. The summed E-state index contributed by atoms with van der Waals surface area (Å²) in [7, 11) is -4.00. The predicted octanol–water partition coefficient (Wildman–Crippen LogP) is 3.05. The van der Waals surface area contributed by atoms with E-state index in [1.165, 1.54) is 13.8 Å². The number of ketones is 1. The number of imide groups is 1. The first kappa shape index (κ1) is 27.8. The number of unbranched alkanes of at least 4 members (excludes halogenated alkanes) is 3. The number of anilines is 1. The van der Waals surface area contributed by atoms with Crippen LogP contribution in [0.15, 0.2) is 35.0 Å². The van der Waals surface area contributed by atoms with Gasteiger partial charge < -0.3 is 18.8 Å². The van der Waals surface area contributed by atoms with Crippen LogP contribution >= 0.6 is 0 Å². The Morgan fingerprint density at radius 3 is 2.51 bits per heavy atom. The summed E-state index contributed by atoms with van der Waals surface area (Å²) < 4.78 is 53.8. The second-order valence-electron chi connectivity index (χ2n) is 8.73. The van der Waals surface area contributed by atoms with Gasteiger partial charge in [0.05, 0.1) is 17.6 Å². The number of nitrogens with zero attached hydrogens (tertiary/aromatic N) is 2. The molecule has 12 nitrogen and oxygen atoms in total. The Balaban J connectivity index is 1.86. The Labute approximate surface area is 212 Å². The summed E-state index contributed by atoms with van der Waals surface area (Å²) in [6.07, 6.45) is 2.69. The largest absolute Gasteiger partial charge is 0.433 e. The van der Waals surface area contributed by atoms with Crippen molar-refractivity contribution < 1.29 is 45.4 Å². The molecule has 14 heteroatoms. The monoisotopic (exact) mass is 539 g/mol. The number of nitrogens with one attached hydrogen (secondary N) is 1. The van der Waals surface area contributed by atoms with Crippen LogP contribution in [0, 0.1) is 5.82 Å². The second-order valence-corrected chi connectivity index (χ2v) is 10.4. The third-order valence-corrected chi connectivity index (χ3v) is 6.61. The zero-order chi connectivity index (χ0) is 27.4. The molecular weight excluding hydrogens is 513 g/mol. The fourth-order valence-electron chi connectivity index (χ4n) is 3.48. The van der Waals surface area contributed by atoms with E-state index in [0.717, 1.165) is 43.3 Å². The predicted molar refractivity (Wildman–Crippen MR) is 126 cm³/mol. The van der Waals surface area contributed by atoms with Crippen LogP contribution < -0.4 is 9.50 Å². The van der Waals surface area contributed by atoms with E-state index in [-0.39, 0.29) is 11.5 Å². The third kappa shape index (κ3) is 6.50. The number of rotatable bonds is 12. The minimum Gasteiger partial charge on any atom is -0.433 e. The lowest BCUT2D eigenvalue weighted by atomic mass is 10.0. The van der Waals surface area contributed by atoms with Crippen LogP contribution in [0.2, 0.25) is 0 Å². The quantitative estimate of drug-likeness (QED) is 0.184. The fourth-order valence-corrected chi connectivity index (χ4v) is 4.52. The lowest BCUT2D eigenvalue weighted by molar-refractivity contribution is -0.137. The van der Waals surface area contributed by atoms with Crippen molar-refractivity contribution in [2.75, 3.05) is 11.1 Å². The molecule has 1 atom stereocenters. The molecule has 1 N–H and O–H groups in total. The number of hydrogen-bond donors (Lipinski definition) is 1. The van der Waals surface area contributed by atoms with Crippen LogP contribution in [0.5, 0.6) is 5.75 Å². The summed E-state index contributed by atoms with van der Waals surface area (Å²) in [6.45, 7) is 4.51. The molecule has 1 fully saturated rings. The van der Waals surface area contributed by atoms with Gasteiger partial charge in [0.2, 0.25) is 11.5 Å². The van der Waals surface area contributed by atoms with Gasteiger partial charge in [0.25, 0.3) is 11.8 Å². The summed E-state index contributed by atoms with van der Waals surface area (Å²) in [6, 6.07) is 1.78. The topological polar surface area (TPSA) is 162 Å². The first-order chi connectivity index (χ1) is 17.4. The maximum atomic E-state index is 14.5. The molecule has 1 saturated heterocycles. The molecule has 2 aromatic rings. The number of halogens is 1. The summed E-state index contributed by atoms with van der Waals surface area (Å²) in [4.78, 5) is 51.7. The van der Waals surface area contributed by atoms with Gasteiger partial charge in [-0.15, -0.1) is 0 Å². The molecule has 1 aliphatic rings. The van der Waals surface area contributed by atoms with Crippen molar-refractivity contribution in [2.24, 2.45) is 0 Å². The van der Waals surface area contributed by atoms with E-state index in [2.05, 4.69) is 10.5 Å². The number of amides is 3. The molecule has 3 rings (SSSR count). The lowest BCUT2D eigenvalue weighted by Crippen LogP contribution is -2.53. The molecule has 0 radical (unpaired) electrons. The molecule has 1 aromatic heterocycles. The van der Waals surface area contributed by atoms with E-state index in [9.17, 15) is 32.0 Å². The highest BCUT2D eigenvalue weighted by Gasteiger charge is 2.54. The molecule has 0 aliphatic carbocycles. The molecule has 200 valence electrons. The van der Waals surface area contributed by atoms with E-state index in [0.29, 0.717) is 17.7 Å². The maximum absolute atomic E-state index is 14.5. The summed E-state index contributed by atoms with van der Waals surface area (Å²) >= 11 is 0. The molecule has 1 aromatic carbocycles. The Hall–Kier alpha value is -3.81. The molecular formula is C23H26FN3O9S. The molecule has 0 bridgehead atoms. The number of carbonyl (C=O) groups is 4. The fraction of sp³-hybridized carbons (Fsp3) is 0.435. The Morgan fingerprint density at radius 1 is 1.19 bits per heavy atom. The van der Waals surface area contributed by atoms with Gasteiger partial charge in [-0.25, -0.2) is 14.1 Å². The normalized spacial score (nSPS) is 15.8. The van der Waals surface area contributed by atoms with E-state index in [1.807, 2.05) is 6.92 Å². The van der Waals surface area contributed by atoms with Gasteiger partial charge in [-0.3, -0.25) is 14.4 Å². The number of cyclic esters (lactones) is 1. The minimum absolute atomic E-state index is 0.255. The number of benzene rings is 1. The average molecular weight is 540 g/mol. The van der Waals surface area contributed by atoms with Crippen molar-refractivity contribution in [3.63, 3.8) is 0 Å². The van der Waals surface area contributed by atoms with Gasteiger partial charge in [-0.2, -0.15) is 8.42 Å². The first-order valence-electron chi connectivity index (χ1n) is 11.4. The van der Waals surface area contributed by atoms with Gasteiger partial charge in [0, 0.05) is 12.1 Å². The van der Waals surface area contributed by atoms with Crippen molar-refractivity contribution in [3.8, 4) is 5.75 Å². The second kappa shape index (κ2) is 11.1. The Morgan fingerprint density at radius 2 is 1.92 bits per heavy atom. The smallest absolute Gasteiger partial charge is 0.418 e. The molecule has 2 heterocycles. The van der Waals surface area contributed by atoms with Crippen molar-refractivity contribution >= 4 is 39.5 Å². The van der Waals surface area contributed by atoms with Gasteiger partial charge in [0.1, 0.15) is 11.6 Å². The van der Waals surface area contributed by atoms with Crippen LogP contribution in [0.25, 0.3) is 0 Å². The third-order valence-electron chi connectivity index (χ3n) is 5.38.